The number of aromatic nitrogens is 5. The van der Waals surface area contributed by atoms with Crippen molar-refractivity contribution in [3.63, 3.8) is 0 Å². The maximum atomic E-state index is 14.1. The summed E-state index contributed by atoms with van der Waals surface area (Å²) in [6.45, 7) is 7.85. The Kier molecular flexibility index (Phi) is 8.44. The molecule has 0 aliphatic heterocycles. The second kappa shape index (κ2) is 12.5. The molecule has 0 bridgehead atoms. The van der Waals surface area contributed by atoms with Crippen LogP contribution in [0.15, 0.2) is 96.8 Å². The number of benzene rings is 1. The topological polar surface area (TPSA) is 116 Å². The van der Waals surface area contributed by atoms with Gasteiger partial charge in [-0.15, -0.1) is 0 Å². The highest BCUT2D eigenvalue weighted by Gasteiger charge is 2.19. The Hall–Kier alpha value is -5.22. The first-order valence-corrected chi connectivity index (χ1v) is 13.3. The molecule has 42 heavy (non-hydrogen) atoms. The van der Waals surface area contributed by atoms with Gasteiger partial charge < -0.3 is 20.1 Å². The molecule has 0 fully saturated rings. The van der Waals surface area contributed by atoms with E-state index in [1.165, 1.54) is 14.2 Å². The lowest BCUT2D eigenvalue weighted by molar-refractivity contribution is 0.395. The number of hydrogen-bond donors (Lipinski definition) is 2. The number of methoxy groups -OCH3 is 2. The van der Waals surface area contributed by atoms with Crippen molar-refractivity contribution in [3.8, 4) is 22.6 Å². The van der Waals surface area contributed by atoms with Crippen LogP contribution in [0.4, 0.5) is 17.5 Å². The van der Waals surface area contributed by atoms with Crippen molar-refractivity contribution in [1.82, 2.24) is 24.5 Å². The van der Waals surface area contributed by atoms with Crippen molar-refractivity contribution in [2.45, 2.75) is 13.0 Å². The van der Waals surface area contributed by atoms with Gasteiger partial charge in [0.2, 0.25) is 5.95 Å². The second-order valence-electron chi connectivity index (χ2n) is 9.16. The lowest BCUT2D eigenvalue weighted by Crippen LogP contribution is -2.24. The largest absolute Gasteiger partial charge is 0.497 e. The van der Waals surface area contributed by atoms with E-state index in [1.54, 1.807) is 53.5 Å². The number of anilines is 3. The second-order valence-corrected chi connectivity index (χ2v) is 9.54. The van der Waals surface area contributed by atoms with E-state index in [9.17, 15) is 4.79 Å². The number of aryl methyl sites for hydroxylation is 2. The fourth-order valence-corrected chi connectivity index (χ4v) is 4.60. The third-order valence-electron chi connectivity index (χ3n) is 6.46. The van der Waals surface area contributed by atoms with Crippen LogP contribution in [-0.2, 0) is 13.0 Å². The van der Waals surface area contributed by atoms with Crippen LogP contribution < -0.4 is 25.7 Å². The average molecular weight is 582 g/mol. The Morgan fingerprint density at radius 1 is 1.05 bits per heavy atom. The number of pyridine rings is 3. The van der Waals surface area contributed by atoms with Crippen molar-refractivity contribution in [2.75, 3.05) is 24.9 Å². The van der Waals surface area contributed by atoms with Gasteiger partial charge in [0.1, 0.15) is 23.0 Å². The molecule has 0 atom stereocenters. The summed E-state index contributed by atoms with van der Waals surface area (Å²) >= 11 is 6.69. The number of rotatable bonds is 11. The van der Waals surface area contributed by atoms with Crippen LogP contribution in [-0.4, -0.2) is 38.7 Å². The predicted molar refractivity (Wildman–Crippen MR) is 166 cm³/mol. The molecule has 10 nitrogen and oxygen atoms in total. The van der Waals surface area contributed by atoms with E-state index in [2.05, 4.69) is 38.7 Å². The summed E-state index contributed by atoms with van der Waals surface area (Å²) in [4.78, 5) is 32.1. The van der Waals surface area contributed by atoms with E-state index in [-0.39, 0.29) is 5.56 Å². The summed E-state index contributed by atoms with van der Waals surface area (Å²) in [7, 11) is 3.05. The Labute approximate surface area is 247 Å². The number of nitrogens with zero attached hydrogens (tertiary/aromatic N) is 5. The standard InChI is InChI=1S/C31H28ClN7O3/c1-5-19(2)36-22-10-9-21(34-18-22)11-13-39-29-20(17-35-31(38-29)37-27-8-6-7-12-33-27)14-25(30(39)40)24-15-23(41-3)16-26(42-4)28(24)32/h5-10,12,14-18,36H,1-2,11,13H2,3-4H3,(H,33,35,37,38). The first-order chi connectivity index (χ1) is 20.4. The zero-order chi connectivity index (χ0) is 29.6. The van der Waals surface area contributed by atoms with Gasteiger partial charge in [0.25, 0.3) is 5.56 Å². The molecule has 0 aliphatic carbocycles. The molecular formula is C31H28ClN7O3. The van der Waals surface area contributed by atoms with Gasteiger partial charge in [0, 0.05) is 59.3 Å². The summed E-state index contributed by atoms with van der Waals surface area (Å²) in [5.41, 5.74) is 3.23. The smallest absolute Gasteiger partial charge is 0.260 e. The molecule has 0 aliphatic rings. The summed E-state index contributed by atoms with van der Waals surface area (Å²) in [5, 5.41) is 7.14. The first kappa shape index (κ1) is 28.3. The SMILES string of the molecule is C=CC(=C)Nc1ccc(CCn2c(=O)c(-c3cc(OC)cc(OC)c3Cl)cc3cnc(Nc4ccccn4)nc32)nc1. The first-order valence-electron chi connectivity index (χ1n) is 12.9. The fourth-order valence-electron chi connectivity index (χ4n) is 4.31. The van der Waals surface area contributed by atoms with Gasteiger partial charge in [-0.3, -0.25) is 14.3 Å². The van der Waals surface area contributed by atoms with Gasteiger partial charge in [-0.05, 0) is 42.5 Å². The normalized spacial score (nSPS) is 10.7. The molecule has 0 spiro atoms. The third kappa shape index (κ3) is 6.08. The molecule has 11 heteroatoms. The van der Waals surface area contributed by atoms with Gasteiger partial charge >= 0.3 is 0 Å². The third-order valence-corrected chi connectivity index (χ3v) is 6.85. The number of allylic oxidation sites excluding steroid dienone is 1. The van der Waals surface area contributed by atoms with Crippen LogP contribution in [0, 0.1) is 0 Å². The Morgan fingerprint density at radius 3 is 2.60 bits per heavy atom. The number of ether oxygens (including phenoxy) is 2. The van der Waals surface area contributed by atoms with Gasteiger partial charge in [-0.2, -0.15) is 4.98 Å². The molecule has 0 saturated carbocycles. The zero-order valence-corrected chi connectivity index (χ0v) is 23.9. The Balaban J connectivity index is 1.59. The summed E-state index contributed by atoms with van der Waals surface area (Å²) in [6.07, 6.45) is 7.12. The van der Waals surface area contributed by atoms with E-state index in [0.717, 1.165) is 11.4 Å². The van der Waals surface area contributed by atoms with Crippen LogP contribution in [0.25, 0.3) is 22.2 Å². The minimum Gasteiger partial charge on any atom is -0.497 e. The van der Waals surface area contributed by atoms with Crippen molar-refractivity contribution < 1.29 is 9.47 Å². The monoisotopic (exact) mass is 581 g/mol. The molecule has 1 aromatic carbocycles. The number of hydrogen-bond acceptors (Lipinski definition) is 9. The molecule has 4 heterocycles. The number of nitrogens with one attached hydrogen (secondary N) is 2. The van der Waals surface area contributed by atoms with E-state index in [0.29, 0.717) is 69.1 Å². The minimum atomic E-state index is -0.289. The van der Waals surface area contributed by atoms with Crippen molar-refractivity contribution in [1.29, 1.82) is 0 Å². The van der Waals surface area contributed by atoms with Gasteiger partial charge in [-0.1, -0.05) is 30.8 Å². The molecule has 0 saturated heterocycles. The van der Waals surface area contributed by atoms with Crippen LogP contribution in [0.2, 0.25) is 5.02 Å². The highest BCUT2D eigenvalue weighted by molar-refractivity contribution is 6.35. The van der Waals surface area contributed by atoms with E-state index in [4.69, 9.17) is 26.1 Å². The number of halogens is 1. The maximum Gasteiger partial charge on any atom is 0.260 e. The van der Waals surface area contributed by atoms with Gasteiger partial charge in [-0.25, -0.2) is 9.97 Å². The predicted octanol–water partition coefficient (Wildman–Crippen LogP) is 6.02. The molecule has 0 unspecified atom stereocenters. The minimum absolute atomic E-state index is 0.289. The highest BCUT2D eigenvalue weighted by Crippen LogP contribution is 2.38. The molecule has 5 aromatic rings. The molecule has 5 rings (SSSR count). The Bertz CT molecular complexity index is 1820. The van der Waals surface area contributed by atoms with E-state index in [1.807, 2.05) is 24.3 Å². The van der Waals surface area contributed by atoms with Crippen LogP contribution in [0.5, 0.6) is 11.5 Å². The van der Waals surface area contributed by atoms with Crippen molar-refractivity contribution in [3.05, 3.63) is 113 Å². The average Bonchev–Trinajstić information content (AvgIpc) is 3.02. The highest BCUT2D eigenvalue weighted by atomic mass is 35.5. The molecule has 2 N–H and O–H groups in total. The Morgan fingerprint density at radius 2 is 1.90 bits per heavy atom. The lowest BCUT2D eigenvalue weighted by atomic mass is 10.0. The zero-order valence-electron chi connectivity index (χ0n) is 23.1. The van der Waals surface area contributed by atoms with Crippen LogP contribution in [0.1, 0.15) is 5.69 Å². The molecule has 0 radical (unpaired) electrons. The van der Waals surface area contributed by atoms with Gasteiger partial charge in [0.15, 0.2) is 0 Å². The fraction of sp³-hybridized carbons (Fsp3) is 0.129. The quantitative estimate of drug-likeness (QED) is 0.181. The maximum absolute atomic E-state index is 14.1. The van der Waals surface area contributed by atoms with Crippen molar-refractivity contribution in [2.24, 2.45) is 0 Å². The molecule has 4 aromatic heterocycles. The number of fused-ring (bicyclic) bond motifs is 1. The molecule has 0 amide bonds. The summed E-state index contributed by atoms with van der Waals surface area (Å²) < 4.78 is 12.5. The van der Waals surface area contributed by atoms with E-state index < -0.39 is 0 Å². The summed E-state index contributed by atoms with van der Waals surface area (Å²) in [6, 6.07) is 14.4. The molecule has 212 valence electrons. The molecular weight excluding hydrogens is 554 g/mol. The van der Waals surface area contributed by atoms with Gasteiger partial charge in [0.05, 0.1) is 31.1 Å². The van der Waals surface area contributed by atoms with E-state index >= 15 is 0 Å². The lowest BCUT2D eigenvalue weighted by Gasteiger charge is -2.16. The van der Waals surface area contributed by atoms with Crippen LogP contribution in [0.3, 0.4) is 0 Å². The summed E-state index contributed by atoms with van der Waals surface area (Å²) in [5.74, 6) is 1.77. The van der Waals surface area contributed by atoms with Crippen molar-refractivity contribution >= 4 is 40.1 Å². The van der Waals surface area contributed by atoms with Crippen LogP contribution >= 0.6 is 11.6 Å².